The summed E-state index contributed by atoms with van der Waals surface area (Å²) in [7, 11) is 0. The van der Waals surface area contributed by atoms with Gasteiger partial charge in [-0.3, -0.25) is 4.79 Å². The Morgan fingerprint density at radius 2 is 2.31 bits per heavy atom. The van der Waals surface area contributed by atoms with Crippen molar-refractivity contribution in [3.05, 3.63) is 24.0 Å². The minimum absolute atomic E-state index is 0.327. The fourth-order valence-corrected chi connectivity index (χ4v) is 1.42. The van der Waals surface area contributed by atoms with Crippen LogP contribution in [0.15, 0.2) is 23.1 Å². The second-order valence-corrected chi connectivity index (χ2v) is 3.41. The molecule has 0 aromatic heterocycles. The van der Waals surface area contributed by atoms with Gasteiger partial charge >= 0.3 is 0 Å². The van der Waals surface area contributed by atoms with Crippen LogP contribution in [0.2, 0.25) is 0 Å². The number of benzene rings is 1. The van der Waals surface area contributed by atoms with E-state index in [0.29, 0.717) is 10.6 Å². The number of thioether (sulfide) groups is 1. The maximum Gasteiger partial charge on any atom is 0.219 e. The molecule has 0 spiro atoms. The van der Waals surface area contributed by atoms with Crippen LogP contribution < -0.4 is 5.73 Å². The molecule has 1 aromatic carbocycles. The molecule has 0 amide bonds. The number of aliphatic hydroxyl groups is 1. The average molecular weight is 201 g/mol. The van der Waals surface area contributed by atoms with Crippen molar-refractivity contribution in [2.24, 2.45) is 0 Å². The highest BCUT2D eigenvalue weighted by molar-refractivity contribution is 8.13. The molecule has 0 aliphatic rings. The van der Waals surface area contributed by atoms with Gasteiger partial charge in [-0.15, -0.1) is 0 Å². The molecule has 0 aliphatic carbocycles. The van der Waals surface area contributed by atoms with Crippen molar-refractivity contribution in [2.45, 2.75) is 4.90 Å². The zero-order valence-electron chi connectivity index (χ0n) is 6.66. The maximum absolute atomic E-state index is 12.7. The van der Waals surface area contributed by atoms with Gasteiger partial charge in [0, 0.05) is 10.6 Å². The molecule has 3 nitrogen and oxygen atoms in total. The summed E-state index contributed by atoms with van der Waals surface area (Å²) >= 11 is 0.730. The van der Waals surface area contributed by atoms with Crippen molar-refractivity contribution in [1.29, 1.82) is 0 Å². The number of hydrogen-bond acceptors (Lipinski definition) is 4. The molecule has 13 heavy (non-hydrogen) atoms. The van der Waals surface area contributed by atoms with E-state index in [2.05, 4.69) is 0 Å². The van der Waals surface area contributed by atoms with Gasteiger partial charge in [-0.2, -0.15) is 0 Å². The van der Waals surface area contributed by atoms with Gasteiger partial charge in [0.15, 0.2) is 0 Å². The van der Waals surface area contributed by atoms with Crippen LogP contribution in [0.25, 0.3) is 0 Å². The molecular weight excluding hydrogens is 193 g/mol. The molecule has 1 rings (SSSR count). The summed E-state index contributed by atoms with van der Waals surface area (Å²) in [5.41, 5.74) is 5.80. The van der Waals surface area contributed by atoms with E-state index in [1.165, 1.54) is 12.1 Å². The molecule has 0 radical (unpaired) electrons. The van der Waals surface area contributed by atoms with E-state index in [9.17, 15) is 9.18 Å². The van der Waals surface area contributed by atoms with Crippen LogP contribution >= 0.6 is 11.8 Å². The number of halogens is 1. The molecule has 0 fully saturated rings. The first kappa shape index (κ1) is 10.0. The van der Waals surface area contributed by atoms with Gasteiger partial charge in [-0.25, -0.2) is 4.39 Å². The summed E-state index contributed by atoms with van der Waals surface area (Å²) in [4.78, 5) is 11.1. The standard InChI is InChI=1S/C8H8FNO2S/c9-5-1-2-6(10)7(3-5)13-8(12)4-11/h1-3,11H,4,10H2. The monoisotopic (exact) mass is 201 g/mol. The minimum Gasteiger partial charge on any atom is -0.398 e. The van der Waals surface area contributed by atoms with Crippen LogP contribution in [0.5, 0.6) is 0 Å². The maximum atomic E-state index is 12.7. The Kier molecular flexibility index (Phi) is 3.27. The largest absolute Gasteiger partial charge is 0.398 e. The van der Waals surface area contributed by atoms with E-state index in [-0.39, 0.29) is 0 Å². The third kappa shape index (κ3) is 2.71. The van der Waals surface area contributed by atoms with Gasteiger partial charge in [-0.1, -0.05) is 0 Å². The predicted octanol–water partition coefficient (Wildman–Crippen LogP) is 1.02. The Morgan fingerprint density at radius 1 is 1.62 bits per heavy atom. The second-order valence-electron chi connectivity index (χ2n) is 2.31. The van der Waals surface area contributed by atoms with Gasteiger partial charge in [-0.05, 0) is 30.0 Å². The van der Waals surface area contributed by atoms with Crippen LogP contribution in [-0.4, -0.2) is 16.8 Å². The number of rotatable bonds is 2. The van der Waals surface area contributed by atoms with Crippen LogP contribution in [0.3, 0.4) is 0 Å². The lowest BCUT2D eigenvalue weighted by Gasteiger charge is -2.02. The molecule has 70 valence electrons. The Bertz CT molecular complexity index is 330. The lowest BCUT2D eigenvalue weighted by molar-refractivity contribution is -0.113. The van der Waals surface area contributed by atoms with E-state index in [0.717, 1.165) is 17.8 Å². The SMILES string of the molecule is Nc1ccc(F)cc1SC(=O)CO. The number of nitrogen functional groups attached to an aromatic ring is 1. The summed E-state index contributed by atoms with van der Waals surface area (Å²) < 4.78 is 12.7. The first-order chi connectivity index (χ1) is 6.13. The number of aliphatic hydroxyl groups excluding tert-OH is 1. The zero-order valence-corrected chi connectivity index (χ0v) is 7.47. The van der Waals surface area contributed by atoms with Crippen LogP contribution in [-0.2, 0) is 4.79 Å². The summed E-state index contributed by atoms with van der Waals surface area (Å²) in [6.45, 7) is -0.583. The first-order valence-electron chi connectivity index (χ1n) is 3.50. The molecule has 0 heterocycles. The van der Waals surface area contributed by atoms with Crippen molar-refractivity contribution in [2.75, 3.05) is 12.3 Å². The number of nitrogens with two attached hydrogens (primary N) is 1. The van der Waals surface area contributed by atoms with Crippen LogP contribution in [0, 0.1) is 5.82 Å². The molecule has 0 aliphatic heterocycles. The van der Waals surface area contributed by atoms with Gasteiger partial charge in [0.1, 0.15) is 12.4 Å². The second kappa shape index (κ2) is 4.25. The highest BCUT2D eigenvalue weighted by atomic mass is 32.2. The molecule has 0 unspecified atom stereocenters. The van der Waals surface area contributed by atoms with Crippen molar-refractivity contribution < 1.29 is 14.3 Å². The lowest BCUT2D eigenvalue weighted by Crippen LogP contribution is -1.99. The predicted molar refractivity (Wildman–Crippen MR) is 48.8 cm³/mol. The number of hydrogen-bond donors (Lipinski definition) is 2. The molecule has 5 heteroatoms. The fraction of sp³-hybridized carbons (Fsp3) is 0.125. The number of anilines is 1. The highest BCUT2D eigenvalue weighted by Gasteiger charge is 2.07. The molecule has 0 bridgehead atoms. The minimum atomic E-state index is -0.583. The van der Waals surface area contributed by atoms with Gasteiger partial charge in [0.2, 0.25) is 5.12 Å². The molecule has 3 N–H and O–H groups in total. The van der Waals surface area contributed by atoms with Crippen LogP contribution in [0.4, 0.5) is 10.1 Å². The van der Waals surface area contributed by atoms with E-state index < -0.39 is 17.5 Å². The van der Waals surface area contributed by atoms with Crippen molar-refractivity contribution in [3.8, 4) is 0 Å². The van der Waals surface area contributed by atoms with Gasteiger partial charge in [0.25, 0.3) is 0 Å². The van der Waals surface area contributed by atoms with Crippen molar-refractivity contribution in [1.82, 2.24) is 0 Å². The smallest absolute Gasteiger partial charge is 0.219 e. The summed E-state index contributed by atoms with van der Waals surface area (Å²) in [6, 6.07) is 3.75. The normalized spacial score (nSPS) is 10.0. The van der Waals surface area contributed by atoms with Gasteiger partial charge < -0.3 is 10.8 Å². The van der Waals surface area contributed by atoms with Crippen molar-refractivity contribution >= 4 is 22.6 Å². The average Bonchev–Trinajstić information content (AvgIpc) is 2.11. The van der Waals surface area contributed by atoms with E-state index in [1.807, 2.05) is 0 Å². The lowest BCUT2D eigenvalue weighted by atomic mass is 10.3. The third-order valence-electron chi connectivity index (χ3n) is 1.33. The molecule has 0 saturated carbocycles. The summed E-state index contributed by atoms with van der Waals surface area (Å²) in [6.07, 6.45) is 0. The molecule has 1 aromatic rings. The quantitative estimate of drug-likeness (QED) is 0.554. The fourth-order valence-electron chi connectivity index (χ4n) is 0.752. The topological polar surface area (TPSA) is 63.3 Å². The third-order valence-corrected chi connectivity index (χ3v) is 2.26. The van der Waals surface area contributed by atoms with E-state index in [4.69, 9.17) is 10.8 Å². The Morgan fingerprint density at radius 3 is 2.92 bits per heavy atom. The van der Waals surface area contributed by atoms with E-state index in [1.54, 1.807) is 0 Å². The Balaban J connectivity index is 2.87. The first-order valence-corrected chi connectivity index (χ1v) is 4.31. The molecular formula is C8H8FNO2S. The number of carbonyl (C=O) groups excluding carboxylic acids is 1. The van der Waals surface area contributed by atoms with E-state index >= 15 is 0 Å². The van der Waals surface area contributed by atoms with Crippen molar-refractivity contribution in [3.63, 3.8) is 0 Å². The van der Waals surface area contributed by atoms with Crippen LogP contribution in [0.1, 0.15) is 0 Å². The Hall–Kier alpha value is -1.07. The zero-order chi connectivity index (χ0) is 9.84. The number of carbonyl (C=O) groups is 1. The molecule has 0 saturated heterocycles. The highest BCUT2D eigenvalue weighted by Crippen LogP contribution is 2.25. The van der Waals surface area contributed by atoms with Gasteiger partial charge in [0.05, 0.1) is 0 Å². The summed E-state index contributed by atoms with van der Waals surface area (Å²) in [5.74, 6) is -0.456. The molecule has 0 atom stereocenters. The Labute approximate surface area is 78.7 Å². The summed E-state index contributed by atoms with van der Waals surface area (Å²) in [5, 5.41) is 7.99.